The minimum Gasteiger partial charge on any atom is -0.295 e. The summed E-state index contributed by atoms with van der Waals surface area (Å²) in [5.74, 6) is 0. The second-order valence-electron chi connectivity index (χ2n) is 3.68. The number of hydrogen-bond donors (Lipinski definition) is 0. The molecule has 1 aliphatic heterocycles. The third-order valence-corrected chi connectivity index (χ3v) is 2.20. The number of nitrogens with zero attached hydrogens (tertiary/aromatic N) is 2. The van der Waals surface area contributed by atoms with E-state index in [0.717, 1.165) is 13.1 Å². The fourth-order valence-corrected chi connectivity index (χ4v) is 1.38. The van der Waals surface area contributed by atoms with E-state index in [4.69, 9.17) is 0 Å². The summed E-state index contributed by atoms with van der Waals surface area (Å²) in [7, 11) is 0. The molecule has 0 aromatic heterocycles. The Labute approximate surface area is 74.8 Å². The predicted octanol–water partition coefficient (Wildman–Crippen LogP) is 2.34. The number of aliphatic imine (C=N–C) groups is 2. The van der Waals surface area contributed by atoms with Crippen molar-refractivity contribution >= 4 is 12.4 Å². The van der Waals surface area contributed by atoms with Gasteiger partial charge in [0.05, 0.1) is 13.1 Å². The van der Waals surface area contributed by atoms with Gasteiger partial charge in [0.1, 0.15) is 0 Å². The molecule has 1 rings (SSSR count). The molecule has 1 heterocycles. The lowest BCUT2D eigenvalue weighted by atomic mass is 9.88. The molecule has 0 unspecified atom stereocenters. The molecule has 0 saturated carbocycles. The molecule has 0 spiro atoms. The Bertz CT molecular complexity index is 168. The monoisotopic (exact) mass is 166 g/mol. The van der Waals surface area contributed by atoms with Crippen molar-refractivity contribution in [2.45, 2.75) is 33.1 Å². The van der Waals surface area contributed by atoms with Crippen LogP contribution in [0.1, 0.15) is 33.1 Å². The zero-order chi connectivity index (χ0) is 8.86. The van der Waals surface area contributed by atoms with Gasteiger partial charge in [0.2, 0.25) is 0 Å². The molecule has 0 atom stereocenters. The molecule has 12 heavy (non-hydrogen) atoms. The highest BCUT2D eigenvalue weighted by atomic mass is 14.8. The quantitative estimate of drug-likeness (QED) is 0.615. The average molecular weight is 166 g/mol. The Kier molecular flexibility index (Phi) is 3.45. The summed E-state index contributed by atoms with van der Waals surface area (Å²) in [6, 6.07) is 0. The van der Waals surface area contributed by atoms with E-state index in [1.165, 1.54) is 19.3 Å². The number of hydrogen-bond acceptors (Lipinski definition) is 2. The fraction of sp³-hybridized carbons (Fsp3) is 0.800. The molecular formula is C10H18N2. The maximum absolute atomic E-state index is 4.33. The maximum atomic E-state index is 4.33. The van der Waals surface area contributed by atoms with Gasteiger partial charge in [0, 0.05) is 17.8 Å². The van der Waals surface area contributed by atoms with Crippen LogP contribution in [0.3, 0.4) is 0 Å². The van der Waals surface area contributed by atoms with Gasteiger partial charge in [0.15, 0.2) is 0 Å². The highest BCUT2D eigenvalue weighted by molar-refractivity contribution is 5.89. The van der Waals surface area contributed by atoms with Crippen molar-refractivity contribution in [1.29, 1.82) is 0 Å². The molecule has 0 aromatic carbocycles. The molecule has 0 aliphatic carbocycles. The van der Waals surface area contributed by atoms with Crippen LogP contribution in [0.5, 0.6) is 0 Å². The maximum Gasteiger partial charge on any atom is 0.0581 e. The Hall–Kier alpha value is -0.660. The Morgan fingerprint density at radius 3 is 2.33 bits per heavy atom. The lowest BCUT2D eigenvalue weighted by Crippen LogP contribution is -2.19. The van der Waals surface area contributed by atoms with E-state index < -0.39 is 0 Å². The van der Waals surface area contributed by atoms with E-state index >= 15 is 0 Å². The fourth-order valence-electron chi connectivity index (χ4n) is 1.38. The summed E-state index contributed by atoms with van der Waals surface area (Å²) in [4.78, 5) is 8.65. The minimum absolute atomic E-state index is 0.131. The average Bonchev–Trinajstić information content (AvgIpc) is 2.27. The SMILES string of the molecule is CCCCC1(C)C=NCCN=C1. The Morgan fingerprint density at radius 2 is 1.83 bits per heavy atom. The largest absolute Gasteiger partial charge is 0.295 e. The van der Waals surface area contributed by atoms with Crippen molar-refractivity contribution < 1.29 is 0 Å². The van der Waals surface area contributed by atoms with Crippen LogP contribution in [0, 0.1) is 5.41 Å². The second-order valence-corrected chi connectivity index (χ2v) is 3.68. The highest BCUT2D eigenvalue weighted by Gasteiger charge is 2.19. The summed E-state index contributed by atoms with van der Waals surface area (Å²) in [5, 5.41) is 0. The van der Waals surface area contributed by atoms with Gasteiger partial charge in [-0.25, -0.2) is 0 Å². The van der Waals surface area contributed by atoms with Gasteiger partial charge in [-0.2, -0.15) is 0 Å². The summed E-state index contributed by atoms with van der Waals surface area (Å²) in [6.45, 7) is 6.14. The molecular weight excluding hydrogens is 148 g/mol. The third-order valence-electron chi connectivity index (χ3n) is 2.20. The summed E-state index contributed by atoms with van der Waals surface area (Å²) in [5.41, 5.74) is 0.131. The zero-order valence-electron chi connectivity index (χ0n) is 8.08. The lowest BCUT2D eigenvalue weighted by Gasteiger charge is -2.18. The van der Waals surface area contributed by atoms with Crippen LogP contribution in [0.15, 0.2) is 9.98 Å². The van der Waals surface area contributed by atoms with Crippen molar-refractivity contribution in [2.24, 2.45) is 15.4 Å². The Morgan fingerprint density at radius 1 is 1.25 bits per heavy atom. The molecule has 2 nitrogen and oxygen atoms in total. The van der Waals surface area contributed by atoms with E-state index in [9.17, 15) is 0 Å². The van der Waals surface area contributed by atoms with E-state index in [1.54, 1.807) is 0 Å². The van der Waals surface area contributed by atoms with Crippen molar-refractivity contribution in [3.05, 3.63) is 0 Å². The molecule has 68 valence electrons. The van der Waals surface area contributed by atoms with Crippen LogP contribution in [-0.4, -0.2) is 25.5 Å². The van der Waals surface area contributed by atoms with Gasteiger partial charge < -0.3 is 0 Å². The van der Waals surface area contributed by atoms with Crippen molar-refractivity contribution in [1.82, 2.24) is 0 Å². The van der Waals surface area contributed by atoms with E-state index in [1.807, 2.05) is 0 Å². The van der Waals surface area contributed by atoms with Crippen LogP contribution >= 0.6 is 0 Å². The first kappa shape index (κ1) is 9.43. The molecule has 1 aliphatic rings. The van der Waals surface area contributed by atoms with E-state index in [2.05, 4.69) is 36.3 Å². The molecule has 0 amide bonds. The van der Waals surface area contributed by atoms with Gasteiger partial charge in [-0.3, -0.25) is 9.98 Å². The van der Waals surface area contributed by atoms with Crippen molar-refractivity contribution in [3.8, 4) is 0 Å². The molecule has 2 heteroatoms. The predicted molar refractivity (Wildman–Crippen MR) is 54.4 cm³/mol. The van der Waals surface area contributed by atoms with E-state index in [0.29, 0.717) is 0 Å². The number of rotatable bonds is 3. The van der Waals surface area contributed by atoms with Gasteiger partial charge >= 0.3 is 0 Å². The van der Waals surface area contributed by atoms with Crippen LogP contribution in [0.4, 0.5) is 0 Å². The first-order valence-corrected chi connectivity index (χ1v) is 4.79. The molecule has 0 saturated heterocycles. The normalized spacial score (nSPS) is 20.8. The lowest BCUT2D eigenvalue weighted by molar-refractivity contribution is 0.559. The molecule has 0 bridgehead atoms. The van der Waals surface area contributed by atoms with Crippen LogP contribution in [0.2, 0.25) is 0 Å². The summed E-state index contributed by atoms with van der Waals surface area (Å²) in [6.07, 6.45) is 7.82. The minimum atomic E-state index is 0.131. The van der Waals surface area contributed by atoms with Crippen LogP contribution in [0.25, 0.3) is 0 Å². The second kappa shape index (κ2) is 4.39. The summed E-state index contributed by atoms with van der Waals surface area (Å²) < 4.78 is 0. The standard InChI is InChI=1S/C10H18N2/c1-3-4-5-10(2)8-11-6-7-12-9-10/h8-9H,3-7H2,1-2H3. The zero-order valence-corrected chi connectivity index (χ0v) is 8.08. The van der Waals surface area contributed by atoms with Gasteiger partial charge in [-0.15, -0.1) is 0 Å². The number of unbranched alkanes of at least 4 members (excludes halogenated alkanes) is 1. The molecule has 0 fully saturated rings. The third kappa shape index (κ3) is 2.76. The first-order valence-electron chi connectivity index (χ1n) is 4.79. The van der Waals surface area contributed by atoms with Gasteiger partial charge in [-0.05, 0) is 13.3 Å². The first-order chi connectivity index (χ1) is 5.77. The van der Waals surface area contributed by atoms with Gasteiger partial charge in [-0.1, -0.05) is 19.8 Å². The van der Waals surface area contributed by atoms with E-state index in [-0.39, 0.29) is 5.41 Å². The smallest absolute Gasteiger partial charge is 0.0581 e. The van der Waals surface area contributed by atoms with Crippen LogP contribution < -0.4 is 0 Å². The molecule has 0 radical (unpaired) electrons. The topological polar surface area (TPSA) is 24.7 Å². The molecule has 0 N–H and O–H groups in total. The van der Waals surface area contributed by atoms with Crippen molar-refractivity contribution in [3.63, 3.8) is 0 Å². The molecule has 0 aromatic rings. The summed E-state index contributed by atoms with van der Waals surface area (Å²) >= 11 is 0. The highest BCUT2D eigenvalue weighted by Crippen LogP contribution is 2.20. The van der Waals surface area contributed by atoms with Gasteiger partial charge in [0.25, 0.3) is 0 Å². The Balaban J connectivity index is 2.53. The van der Waals surface area contributed by atoms with Crippen LogP contribution in [-0.2, 0) is 0 Å². The van der Waals surface area contributed by atoms with Crippen molar-refractivity contribution in [2.75, 3.05) is 13.1 Å².